The van der Waals surface area contributed by atoms with Crippen LogP contribution in [0.15, 0.2) is 12.3 Å². The van der Waals surface area contributed by atoms with Gasteiger partial charge in [-0.3, -0.25) is 15.6 Å². The van der Waals surface area contributed by atoms with Gasteiger partial charge in [0, 0.05) is 6.04 Å². The van der Waals surface area contributed by atoms with Gasteiger partial charge in [0.25, 0.3) is 5.91 Å². The van der Waals surface area contributed by atoms with Crippen LogP contribution in [0, 0.1) is 10.1 Å². The topological polar surface area (TPSA) is 114 Å². The van der Waals surface area contributed by atoms with E-state index in [0.717, 1.165) is 12.8 Å². The second-order valence-electron chi connectivity index (χ2n) is 4.05. The molecule has 1 aliphatic rings. The largest absolute Gasteiger partial charge is 0.389 e. The third kappa shape index (κ3) is 4.17. The number of thiocarbonyl (C=S) groups is 1. The maximum atomic E-state index is 11.5. The Morgan fingerprint density at radius 3 is 2.89 bits per heavy atom. The van der Waals surface area contributed by atoms with Gasteiger partial charge in [-0.15, -0.1) is 0 Å². The Kier molecular flexibility index (Phi) is 3.90. The average Bonchev–Trinajstić information content (AvgIpc) is 3.02. The third-order valence-electron chi connectivity index (χ3n) is 2.35. The summed E-state index contributed by atoms with van der Waals surface area (Å²) >= 11 is 4.94. The molecule has 102 valence electrons. The molecule has 0 unspecified atom stereocenters. The molecule has 1 aromatic heterocycles. The summed E-state index contributed by atoms with van der Waals surface area (Å²) in [6.07, 6.45) is 3.51. The summed E-state index contributed by atoms with van der Waals surface area (Å²) in [5.74, 6) is -0.704. The van der Waals surface area contributed by atoms with Crippen molar-refractivity contribution in [3.8, 4) is 0 Å². The van der Waals surface area contributed by atoms with Crippen LogP contribution in [-0.2, 0) is 11.3 Å². The van der Waals surface area contributed by atoms with Gasteiger partial charge in [-0.25, -0.2) is 0 Å². The zero-order chi connectivity index (χ0) is 13.8. The summed E-state index contributed by atoms with van der Waals surface area (Å²) in [5, 5.41) is 17.4. The third-order valence-corrected chi connectivity index (χ3v) is 2.57. The molecule has 0 atom stereocenters. The van der Waals surface area contributed by atoms with Crippen LogP contribution in [0.4, 0.5) is 5.82 Å². The van der Waals surface area contributed by atoms with E-state index < -0.39 is 10.8 Å². The summed E-state index contributed by atoms with van der Waals surface area (Å²) in [4.78, 5) is 21.3. The van der Waals surface area contributed by atoms with Crippen LogP contribution < -0.4 is 16.2 Å². The van der Waals surface area contributed by atoms with Gasteiger partial charge in [0.2, 0.25) is 0 Å². The maximum absolute atomic E-state index is 11.5. The Balaban J connectivity index is 1.73. The molecular formula is C9H12N6O3S. The van der Waals surface area contributed by atoms with Gasteiger partial charge in [-0.05, 0) is 30.0 Å². The van der Waals surface area contributed by atoms with Crippen molar-refractivity contribution in [2.24, 2.45) is 0 Å². The molecule has 0 saturated heterocycles. The van der Waals surface area contributed by atoms with E-state index >= 15 is 0 Å². The molecule has 3 N–H and O–H groups in total. The standard InChI is InChI=1S/C9H12N6O3S/c16-8(11-12-9(19)10-6-1-2-6)5-14-4-3-7(13-14)15(17)18/h3-4,6H,1-2,5H2,(H,11,16)(H2,10,12,19). The Bertz CT molecular complexity index is 512. The molecule has 0 bridgehead atoms. The molecule has 10 heteroatoms. The average molecular weight is 284 g/mol. The molecule has 1 aromatic rings. The van der Waals surface area contributed by atoms with Crippen molar-refractivity contribution < 1.29 is 9.72 Å². The lowest BCUT2D eigenvalue weighted by atomic mass is 10.6. The molecule has 2 rings (SSSR count). The van der Waals surface area contributed by atoms with Crippen LogP contribution in [0.2, 0.25) is 0 Å². The maximum Gasteiger partial charge on any atom is 0.389 e. The molecule has 1 saturated carbocycles. The first-order chi connectivity index (χ1) is 9.04. The van der Waals surface area contributed by atoms with Crippen molar-refractivity contribution >= 4 is 29.1 Å². The van der Waals surface area contributed by atoms with E-state index in [9.17, 15) is 14.9 Å². The SMILES string of the molecule is O=C(Cn1ccc([N+](=O)[O-])n1)NNC(=S)NC1CC1. The van der Waals surface area contributed by atoms with Crippen LogP contribution in [0.1, 0.15) is 12.8 Å². The lowest BCUT2D eigenvalue weighted by molar-refractivity contribution is -0.389. The lowest BCUT2D eigenvalue weighted by Crippen LogP contribution is -2.48. The van der Waals surface area contributed by atoms with Crippen molar-refractivity contribution in [2.45, 2.75) is 25.4 Å². The minimum atomic E-state index is -0.624. The second-order valence-corrected chi connectivity index (χ2v) is 4.46. The van der Waals surface area contributed by atoms with Crippen LogP contribution in [0.25, 0.3) is 0 Å². The number of hydrogen-bond acceptors (Lipinski definition) is 5. The molecule has 9 nitrogen and oxygen atoms in total. The fraction of sp³-hybridized carbons (Fsp3) is 0.444. The quantitative estimate of drug-likeness (QED) is 0.386. The van der Waals surface area contributed by atoms with Gasteiger partial charge < -0.3 is 15.4 Å². The number of rotatable bonds is 4. The molecule has 0 aliphatic heterocycles. The fourth-order valence-electron chi connectivity index (χ4n) is 1.30. The molecule has 1 amide bonds. The molecular weight excluding hydrogens is 272 g/mol. The molecule has 0 aromatic carbocycles. The Labute approximate surface area is 113 Å². The van der Waals surface area contributed by atoms with Gasteiger partial charge in [0.05, 0.1) is 17.4 Å². The fourth-order valence-corrected chi connectivity index (χ4v) is 1.52. The zero-order valence-electron chi connectivity index (χ0n) is 9.83. The van der Waals surface area contributed by atoms with E-state index in [4.69, 9.17) is 12.2 Å². The summed E-state index contributed by atoms with van der Waals surface area (Å²) in [6.45, 7) is -0.132. The van der Waals surface area contributed by atoms with Gasteiger partial charge in [-0.2, -0.15) is 4.68 Å². The van der Waals surface area contributed by atoms with Gasteiger partial charge in [0.15, 0.2) is 5.11 Å². The van der Waals surface area contributed by atoms with E-state index in [-0.39, 0.29) is 12.4 Å². The van der Waals surface area contributed by atoms with E-state index in [2.05, 4.69) is 21.3 Å². The monoisotopic (exact) mass is 284 g/mol. The molecule has 0 radical (unpaired) electrons. The van der Waals surface area contributed by atoms with Crippen LogP contribution in [-0.4, -0.2) is 31.8 Å². The first-order valence-electron chi connectivity index (χ1n) is 5.58. The number of carbonyl (C=O) groups excluding carboxylic acids is 1. The smallest absolute Gasteiger partial charge is 0.359 e. The van der Waals surface area contributed by atoms with E-state index in [1.807, 2.05) is 0 Å². The number of nitro groups is 1. The van der Waals surface area contributed by atoms with Gasteiger partial charge in [0.1, 0.15) is 6.54 Å². The van der Waals surface area contributed by atoms with E-state index in [1.54, 1.807) is 0 Å². The van der Waals surface area contributed by atoms with Crippen molar-refractivity contribution in [2.75, 3.05) is 0 Å². The van der Waals surface area contributed by atoms with Crippen molar-refractivity contribution in [1.82, 2.24) is 25.9 Å². The second kappa shape index (κ2) is 5.61. The minimum Gasteiger partial charge on any atom is -0.359 e. The summed E-state index contributed by atoms with van der Waals surface area (Å²) in [7, 11) is 0. The summed E-state index contributed by atoms with van der Waals surface area (Å²) in [6, 6.07) is 1.62. The van der Waals surface area contributed by atoms with Crippen molar-refractivity contribution in [3.05, 3.63) is 22.4 Å². The van der Waals surface area contributed by atoms with Gasteiger partial charge in [-0.1, -0.05) is 0 Å². The van der Waals surface area contributed by atoms with E-state index in [0.29, 0.717) is 11.2 Å². The van der Waals surface area contributed by atoms with Crippen LogP contribution in [0.5, 0.6) is 0 Å². The Morgan fingerprint density at radius 2 is 2.32 bits per heavy atom. The molecule has 1 aliphatic carbocycles. The van der Waals surface area contributed by atoms with E-state index in [1.165, 1.54) is 16.9 Å². The Hall–Kier alpha value is -2.23. The number of hydrazine groups is 1. The lowest BCUT2D eigenvalue weighted by Gasteiger charge is -2.09. The van der Waals surface area contributed by atoms with Crippen LogP contribution in [0.3, 0.4) is 0 Å². The summed E-state index contributed by atoms with van der Waals surface area (Å²) in [5.41, 5.74) is 4.93. The first kappa shape index (κ1) is 13.2. The molecule has 19 heavy (non-hydrogen) atoms. The highest BCUT2D eigenvalue weighted by molar-refractivity contribution is 7.80. The number of carbonyl (C=O) groups is 1. The number of nitrogens with zero attached hydrogens (tertiary/aromatic N) is 3. The highest BCUT2D eigenvalue weighted by Crippen LogP contribution is 2.18. The molecule has 1 heterocycles. The normalized spacial score (nSPS) is 13.7. The van der Waals surface area contributed by atoms with Gasteiger partial charge >= 0.3 is 5.82 Å². The highest BCUT2D eigenvalue weighted by atomic mass is 32.1. The first-order valence-corrected chi connectivity index (χ1v) is 5.98. The van der Waals surface area contributed by atoms with Crippen LogP contribution >= 0.6 is 12.2 Å². The molecule has 0 spiro atoms. The number of aromatic nitrogens is 2. The Morgan fingerprint density at radius 1 is 1.58 bits per heavy atom. The predicted molar refractivity (Wildman–Crippen MR) is 68.9 cm³/mol. The zero-order valence-corrected chi connectivity index (χ0v) is 10.6. The number of hydrogen-bond donors (Lipinski definition) is 3. The highest BCUT2D eigenvalue weighted by Gasteiger charge is 2.21. The summed E-state index contributed by atoms with van der Waals surface area (Å²) < 4.78 is 1.17. The minimum absolute atomic E-state index is 0.132. The number of amides is 1. The molecule has 1 fully saturated rings. The number of nitrogens with one attached hydrogen (secondary N) is 3. The van der Waals surface area contributed by atoms with Crippen molar-refractivity contribution in [3.63, 3.8) is 0 Å². The predicted octanol–water partition coefficient (Wildman–Crippen LogP) is -0.551. The van der Waals surface area contributed by atoms with Crippen molar-refractivity contribution in [1.29, 1.82) is 0 Å².